The van der Waals surface area contributed by atoms with E-state index in [1.54, 1.807) is 0 Å². The molecule has 1 saturated heterocycles. The van der Waals surface area contributed by atoms with Gasteiger partial charge in [0, 0.05) is 11.1 Å². The van der Waals surface area contributed by atoms with Gasteiger partial charge in [0.1, 0.15) is 5.60 Å². The molecule has 2 atom stereocenters. The summed E-state index contributed by atoms with van der Waals surface area (Å²) in [6.07, 6.45) is 0.563. The molecule has 0 saturated carbocycles. The van der Waals surface area contributed by atoms with Crippen molar-refractivity contribution in [2.75, 3.05) is 6.61 Å². The molecule has 4 heteroatoms. The van der Waals surface area contributed by atoms with Crippen LogP contribution in [-0.4, -0.2) is 17.7 Å². The van der Waals surface area contributed by atoms with Crippen molar-refractivity contribution >= 4 is 21.9 Å². The van der Waals surface area contributed by atoms with Gasteiger partial charge in [-0.1, -0.05) is 34.1 Å². The van der Waals surface area contributed by atoms with Crippen LogP contribution >= 0.6 is 15.9 Å². The molecule has 2 unspecified atom stereocenters. The minimum Gasteiger partial charge on any atom is -0.481 e. The maximum atomic E-state index is 11.2. The number of hydrogen-bond acceptors (Lipinski definition) is 2. The Balaban J connectivity index is 2.45. The molecule has 0 bridgehead atoms. The third-order valence-corrected chi connectivity index (χ3v) is 3.87. The van der Waals surface area contributed by atoms with Gasteiger partial charge in [-0.25, -0.2) is 0 Å². The molecule has 0 spiro atoms. The Bertz CT molecular complexity index is 418. The summed E-state index contributed by atoms with van der Waals surface area (Å²) in [6, 6.07) is 7.61. The van der Waals surface area contributed by atoms with Crippen LogP contribution < -0.4 is 0 Å². The minimum atomic E-state index is -0.796. The van der Waals surface area contributed by atoms with E-state index in [0.29, 0.717) is 13.0 Å². The SMILES string of the molecule is CC1(c2ccccc2Br)OCCC1C(=O)O. The van der Waals surface area contributed by atoms with E-state index in [-0.39, 0.29) is 0 Å². The number of hydrogen-bond donors (Lipinski definition) is 1. The predicted octanol–water partition coefficient (Wildman–Crippen LogP) is 2.79. The lowest BCUT2D eigenvalue weighted by Gasteiger charge is -2.29. The summed E-state index contributed by atoms with van der Waals surface area (Å²) in [4.78, 5) is 11.2. The molecule has 86 valence electrons. The summed E-state index contributed by atoms with van der Waals surface area (Å²) in [5.41, 5.74) is 0.172. The van der Waals surface area contributed by atoms with E-state index >= 15 is 0 Å². The van der Waals surface area contributed by atoms with Crippen molar-refractivity contribution in [3.8, 4) is 0 Å². The highest BCUT2D eigenvalue weighted by atomic mass is 79.9. The maximum absolute atomic E-state index is 11.2. The summed E-state index contributed by atoms with van der Waals surface area (Å²) in [5, 5.41) is 9.21. The average Bonchev–Trinajstić information content (AvgIpc) is 2.62. The zero-order valence-corrected chi connectivity index (χ0v) is 10.5. The molecular weight excluding hydrogens is 272 g/mol. The molecule has 0 amide bonds. The number of aliphatic carboxylic acids is 1. The molecule has 16 heavy (non-hydrogen) atoms. The summed E-state index contributed by atoms with van der Waals surface area (Å²) >= 11 is 3.45. The standard InChI is InChI=1S/C12H13BrO3/c1-12(8-4-2-3-5-10(8)13)9(11(14)15)6-7-16-12/h2-5,9H,6-7H2,1H3,(H,14,15). The van der Waals surface area contributed by atoms with Gasteiger partial charge in [-0.2, -0.15) is 0 Å². The number of carboxylic acid groups (broad SMARTS) is 1. The lowest BCUT2D eigenvalue weighted by Crippen LogP contribution is -2.34. The first kappa shape index (κ1) is 11.6. The Kier molecular flexibility index (Phi) is 3.04. The maximum Gasteiger partial charge on any atom is 0.309 e. The van der Waals surface area contributed by atoms with Gasteiger partial charge < -0.3 is 9.84 Å². The van der Waals surface area contributed by atoms with Crippen LogP contribution in [0.3, 0.4) is 0 Å². The Labute approximate surface area is 103 Å². The first-order chi connectivity index (χ1) is 7.55. The van der Waals surface area contributed by atoms with E-state index in [1.165, 1.54) is 0 Å². The van der Waals surface area contributed by atoms with Crippen LogP contribution in [-0.2, 0) is 15.1 Å². The number of ether oxygens (including phenoxy) is 1. The average molecular weight is 285 g/mol. The normalized spacial score (nSPS) is 29.2. The Morgan fingerprint density at radius 2 is 2.25 bits per heavy atom. The fourth-order valence-electron chi connectivity index (χ4n) is 2.25. The Hall–Kier alpha value is -0.870. The van der Waals surface area contributed by atoms with Crippen LogP contribution in [0.5, 0.6) is 0 Å². The van der Waals surface area contributed by atoms with Gasteiger partial charge in [0.15, 0.2) is 0 Å². The summed E-state index contributed by atoms with van der Waals surface area (Å²) in [6.45, 7) is 2.34. The van der Waals surface area contributed by atoms with E-state index in [2.05, 4.69) is 15.9 Å². The topological polar surface area (TPSA) is 46.5 Å². The molecule has 3 nitrogen and oxygen atoms in total. The predicted molar refractivity (Wildman–Crippen MR) is 63.2 cm³/mol. The van der Waals surface area contributed by atoms with Crippen molar-refractivity contribution in [3.63, 3.8) is 0 Å². The third kappa shape index (κ3) is 1.76. The summed E-state index contributed by atoms with van der Waals surface area (Å²) < 4.78 is 6.56. The van der Waals surface area contributed by atoms with Crippen LogP contribution in [0.15, 0.2) is 28.7 Å². The molecule has 1 aliphatic rings. The van der Waals surface area contributed by atoms with Crippen molar-refractivity contribution in [2.24, 2.45) is 5.92 Å². The highest BCUT2D eigenvalue weighted by Gasteiger charge is 2.46. The highest BCUT2D eigenvalue weighted by molar-refractivity contribution is 9.10. The quantitative estimate of drug-likeness (QED) is 0.908. The molecule has 0 aliphatic carbocycles. The van der Waals surface area contributed by atoms with Crippen molar-refractivity contribution < 1.29 is 14.6 Å². The van der Waals surface area contributed by atoms with Crippen LogP contribution in [0.4, 0.5) is 0 Å². The van der Waals surface area contributed by atoms with Gasteiger partial charge in [-0.15, -0.1) is 0 Å². The van der Waals surface area contributed by atoms with Crippen molar-refractivity contribution in [1.29, 1.82) is 0 Å². The van der Waals surface area contributed by atoms with Gasteiger partial charge in [0.25, 0.3) is 0 Å². The van der Waals surface area contributed by atoms with Gasteiger partial charge >= 0.3 is 5.97 Å². The molecule has 0 radical (unpaired) electrons. The van der Waals surface area contributed by atoms with E-state index in [4.69, 9.17) is 4.74 Å². The third-order valence-electron chi connectivity index (χ3n) is 3.18. The molecule has 1 aromatic carbocycles. The molecule has 1 aromatic rings. The second kappa shape index (κ2) is 4.18. The van der Waals surface area contributed by atoms with Crippen LogP contribution in [0, 0.1) is 5.92 Å². The molecule has 1 fully saturated rings. The first-order valence-corrected chi connectivity index (χ1v) is 5.97. The minimum absolute atomic E-state index is 0.480. The van der Waals surface area contributed by atoms with Crippen LogP contribution in [0.25, 0.3) is 0 Å². The second-order valence-corrected chi connectivity index (χ2v) is 4.97. The molecule has 1 aliphatic heterocycles. The monoisotopic (exact) mass is 284 g/mol. The molecule has 1 heterocycles. The number of carboxylic acids is 1. The molecule has 2 rings (SSSR count). The fraction of sp³-hybridized carbons (Fsp3) is 0.417. The van der Waals surface area contributed by atoms with Crippen molar-refractivity contribution in [3.05, 3.63) is 34.3 Å². The molecular formula is C12H13BrO3. The Morgan fingerprint density at radius 3 is 2.88 bits per heavy atom. The number of carbonyl (C=O) groups is 1. The summed E-state index contributed by atoms with van der Waals surface area (Å²) in [5.74, 6) is -1.28. The lowest BCUT2D eigenvalue weighted by atomic mass is 9.83. The Morgan fingerprint density at radius 1 is 1.56 bits per heavy atom. The zero-order chi connectivity index (χ0) is 11.8. The fourth-order valence-corrected chi connectivity index (χ4v) is 2.93. The largest absolute Gasteiger partial charge is 0.481 e. The first-order valence-electron chi connectivity index (χ1n) is 5.17. The molecule has 0 aromatic heterocycles. The van der Waals surface area contributed by atoms with Gasteiger partial charge in [-0.3, -0.25) is 4.79 Å². The second-order valence-electron chi connectivity index (χ2n) is 4.11. The lowest BCUT2D eigenvalue weighted by molar-refractivity contribution is -0.148. The number of halogens is 1. The van der Waals surface area contributed by atoms with Gasteiger partial charge in [0.2, 0.25) is 0 Å². The van der Waals surface area contributed by atoms with E-state index in [0.717, 1.165) is 10.0 Å². The smallest absolute Gasteiger partial charge is 0.309 e. The van der Waals surface area contributed by atoms with Gasteiger partial charge in [0.05, 0.1) is 5.92 Å². The summed E-state index contributed by atoms with van der Waals surface area (Å²) in [7, 11) is 0. The molecule has 1 N–H and O–H groups in total. The number of benzene rings is 1. The van der Waals surface area contributed by atoms with Crippen LogP contribution in [0.1, 0.15) is 18.9 Å². The van der Waals surface area contributed by atoms with Crippen molar-refractivity contribution in [2.45, 2.75) is 18.9 Å². The highest BCUT2D eigenvalue weighted by Crippen LogP contribution is 2.43. The van der Waals surface area contributed by atoms with E-state index < -0.39 is 17.5 Å². The van der Waals surface area contributed by atoms with Gasteiger partial charge in [-0.05, 0) is 25.0 Å². The van der Waals surface area contributed by atoms with E-state index in [9.17, 15) is 9.90 Å². The number of rotatable bonds is 2. The van der Waals surface area contributed by atoms with E-state index in [1.807, 2.05) is 31.2 Å². The zero-order valence-electron chi connectivity index (χ0n) is 8.94. The van der Waals surface area contributed by atoms with Crippen molar-refractivity contribution in [1.82, 2.24) is 0 Å². The van der Waals surface area contributed by atoms with Crippen LogP contribution in [0.2, 0.25) is 0 Å².